The first-order chi connectivity index (χ1) is 9.56. The zero-order chi connectivity index (χ0) is 15.0. The molecule has 0 aliphatic rings. The van der Waals surface area contributed by atoms with Crippen molar-refractivity contribution in [3.05, 3.63) is 35.1 Å². The highest BCUT2D eigenvalue weighted by Gasteiger charge is 2.15. The van der Waals surface area contributed by atoms with Crippen molar-refractivity contribution in [3.8, 4) is 0 Å². The number of aliphatic hydroxyl groups is 1. The molecule has 20 heavy (non-hydrogen) atoms. The number of carbonyl (C=O) groups is 1. The number of aliphatic hydroxyl groups excluding tert-OH is 1. The third kappa shape index (κ3) is 5.72. The summed E-state index contributed by atoms with van der Waals surface area (Å²) in [5.41, 5.74) is 0.806. The topological polar surface area (TPSA) is 62.2 Å². The fourth-order valence-electron chi connectivity index (χ4n) is 1.96. The first kappa shape index (κ1) is 16.7. The van der Waals surface area contributed by atoms with Crippen LogP contribution in [0.2, 0.25) is 5.15 Å². The number of halogens is 1. The summed E-state index contributed by atoms with van der Waals surface area (Å²) in [7, 11) is 0. The summed E-state index contributed by atoms with van der Waals surface area (Å²) < 4.78 is 0. The van der Waals surface area contributed by atoms with Gasteiger partial charge in [-0.05, 0) is 29.7 Å². The molecule has 0 saturated heterocycles. The number of rotatable bonds is 7. The predicted octanol–water partition coefficient (Wildman–Crippen LogP) is 2.66. The average molecular weight is 297 g/mol. The van der Waals surface area contributed by atoms with Crippen molar-refractivity contribution >= 4 is 23.6 Å². The second-order valence-electron chi connectivity index (χ2n) is 4.63. The first-order valence-corrected chi connectivity index (χ1v) is 7.20. The van der Waals surface area contributed by atoms with Crippen LogP contribution in [-0.4, -0.2) is 28.6 Å². The third-order valence-corrected chi connectivity index (χ3v) is 3.46. The van der Waals surface area contributed by atoms with Gasteiger partial charge in [0.2, 0.25) is 5.91 Å². The lowest BCUT2D eigenvalue weighted by atomic mass is 9.96. The smallest absolute Gasteiger partial charge is 0.244 e. The first-order valence-electron chi connectivity index (χ1n) is 6.82. The summed E-state index contributed by atoms with van der Waals surface area (Å²) >= 11 is 5.75. The van der Waals surface area contributed by atoms with Crippen LogP contribution in [0.3, 0.4) is 0 Å². The van der Waals surface area contributed by atoms with Gasteiger partial charge in [-0.2, -0.15) is 0 Å². The third-order valence-electron chi connectivity index (χ3n) is 3.26. The Kier molecular flexibility index (Phi) is 7.26. The molecule has 4 nitrogen and oxygen atoms in total. The minimum atomic E-state index is -0.502. The van der Waals surface area contributed by atoms with Crippen molar-refractivity contribution in [1.29, 1.82) is 0 Å². The molecule has 0 radical (unpaired) electrons. The highest BCUT2D eigenvalue weighted by Crippen LogP contribution is 2.12. The van der Waals surface area contributed by atoms with Gasteiger partial charge in [-0.15, -0.1) is 0 Å². The maximum Gasteiger partial charge on any atom is 0.244 e. The molecule has 1 heterocycles. The van der Waals surface area contributed by atoms with Crippen LogP contribution < -0.4 is 5.32 Å². The molecule has 0 aliphatic heterocycles. The molecule has 1 aromatic heterocycles. The molecule has 110 valence electrons. The molecule has 0 saturated carbocycles. The number of nitrogens with zero attached hydrogens (tertiary/aromatic N) is 1. The molecular formula is C15H21ClN2O2. The largest absolute Gasteiger partial charge is 0.391 e. The molecule has 0 bridgehead atoms. The predicted molar refractivity (Wildman–Crippen MR) is 81.4 cm³/mol. The molecule has 1 amide bonds. The van der Waals surface area contributed by atoms with Crippen LogP contribution in [-0.2, 0) is 4.79 Å². The second kappa shape index (κ2) is 8.72. The summed E-state index contributed by atoms with van der Waals surface area (Å²) in [6, 6.07) is 3.43. The van der Waals surface area contributed by atoms with Crippen molar-refractivity contribution in [2.24, 2.45) is 5.92 Å². The number of pyridine rings is 1. The van der Waals surface area contributed by atoms with E-state index in [0.717, 1.165) is 18.4 Å². The average Bonchev–Trinajstić information content (AvgIpc) is 2.44. The summed E-state index contributed by atoms with van der Waals surface area (Å²) in [4.78, 5) is 15.5. The van der Waals surface area contributed by atoms with Crippen molar-refractivity contribution in [1.82, 2.24) is 10.3 Å². The highest BCUT2D eigenvalue weighted by molar-refractivity contribution is 6.29. The van der Waals surface area contributed by atoms with E-state index in [0.29, 0.717) is 5.15 Å². The molecular weight excluding hydrogens is 276 g/mol. The minimum absolute atomic E-state index is 0.221. The van der Waals surface area contributed by atoms with Crippen LogP contribution >= 0.6 is 11.6 Å². The van der Waals surface area contributed by atoms with E-state index in [4.69, 9.17) is 11.6 Å². The number of nitrogens with one attached hydrogen (secondary N) is 1. The van der Waals surface area contributed by atoms with Crippen LogP contribution in [0.25, 0.3) is 6.08 Å². The summed E-state index contributed by atoms with van der Waals surface area (Å²) in [6.07, 6.45) is 5.96. The minimum Gasteiger partial charge on any atom is -0.391 e. The van der Waals surface area contributed by atoms with Gasteiger partial charge in [0.25, 0.3) is 0 Å². The number of amides is 1. The number of hydrogen-bond donors (Lipinski definition) is 2. The Morgan fingerprint density at radius 2 is 2.20 bits per heavy atom. The maximum absolute atomic E-state index is 11.6. The van der Waals surface area contributed by atoms with E-state index in [1.165, 1.54) is 6.08 Å². The van der Waals surface area contributed by atoms with Crippen LogP contribution in [0.5, 0.6) is 0 Å². The van der Waals surface area contributed by atoms with Crippen LogP contribution in [0.4, 0.5) is 0 Å². The molecule has 2 N–H and O–H groups in total. The maximum atomic E-state index is 11.6. The van der Waals surface area contributed by atoms with E-state index in [2.05, 4.69) is 10.3 Å². The van der Waals surface area contributed by atoms with Gasteiger partial charge in [-0.1, -0.05) is 38.3 Å². The van der Waals surface area contributed by atoms with Gasteiger partial charge in [0.15, 0.2) is 0 Å². The van der Waals surface area contributed by atoms with Crippen molar-refractivity contribution in [2.75, 3.05) is 6.54 Å². The van der Waals surface area contributed by atoms with Gasteiger partial charge >= 0.3 is 0 Å². The molecule has 0 aromatic carbocycles. The standard InChI is InChI=1S/C15H21ClN2O2/c1-3-12(4-2)13(19)10-18-15(20)6-5-11-7-8-17-14(16)9-11/h5-9,12-13,19H,3-4,10H2,1-2H3,(H,18,20)/b6-5+. The van der Waals surface area contributed by atoms with Gasteiger partial charge in [0.1, 0.15) is 5.15 Å². The lowest BCUT2D eigenvalue weighted by Crippen LogP contribution is -2.35. The summed E-state index contributed by atoms with van der Waals surface area (Å²) in [5.74, 6) is -0.0128. The highest BCUT2D eigenvalue weighted by atomic mass is 35.5. The number of carbonyl (C=O) groups excluding carboxylic acids is 1. The Morgan fingerprint density at radius 3 is 2.80 bits per heavy atom. The summed E-state index contributed by atoms with van der Waals surface area (Å²) in [5, 5.41) is 13.0. The van der Waals surface area contributed by atoms with Gasteiger partial charge in [0.05, 0.1) is 6.10 Å². The van der Waals surface area contributed by atoms with E-state index in [1.807, 2.05) is 13.8 Å². The molecule has 1 rings (SSSR count). The van der Waals surface area contributed by atoms with E-state index < -0.39 is 6.10 Å². The van der Waals surface area contributed by atoms with Crippen molar-refractivity contribution in [3.63, 3.8) is 0 Å². The molecule has 5 heteroatoms. The molecule has 0 fully saturated rings. The van der Waals surface area contributed by atoms with Crippen LogP contribution in [0, 0.1) is 5.92 Å². The van der Waals surface area contributed by atoms with Gasteiger partial charge < -0.3 is 10.4 Å². The Morgan fingerprint density at radius 1 is 1.50 bits per heavy atom. The van der Waals surface area contributed by atoms with E-state index in [9.17, 15) is 9.90 Å². The van der Waals surface area contributed by atoms with Crippen LogP contribution in [0.1, 0.15) is 32.3 Å². The zero-order valence-electron chi connectivity index (χ0n) is 11.8. The molecule has 0 spiro atoms. The van der Waals surface area contributed by atoms with Gasteiger partial charge in [-0.3, -0.25) is 4.79 Å². The van der Waals surface area contributed by atoms with Crippen LogP contribution in [0.15, 0.2) is 24.4 Å². The monoisotopic (exact) mass is 296 g/mol. The molecule has 1 unspecified atom stereocenters. The lowest BCUT2D eigenvalue weighted by molar-refractivity contribution is -0.117. The van der Waals surface area contributed by atoms with Gasteiger partial charge in [-0.25, -0.2) is 4.98 Å². The zero-order valence-corrected chi connectivity index (χ0v) is 12.6. The lowest BCUT2D eigenvalue weighted by Gasteiger charge is -2.19. The second-order valence-corrected chi connectivity index (χ2v) is 5.02. The molecule has 1 atom stereocenters. The Bertz CT molecular complexity index is 459. The van der Waals surface area contributed by atoms with E-state index >= 15 is 0 Å². The fourth-order valence-corrected chi connectivity index (χ4v) is 2.14. The number of aromatic nitrogens is 1. The van der Waals surface area contributed by atoms with Crippen molar-refractivity contribution in [2.45, 2.75) is 32.8 Å². The fraction of sp³-hybridized carbons (Fsp3) is 0.467. The van der Waals surface area contributed by atoms with Crippen molar-refractivity contribution < 1.29 is 9.90 Å². The Hall–Kier alpha value is -1.39. The number of hydrogen-bond acceptors (Lipinski definition) is 3. The van der Waals surface area contributed by atoms with Gasteiger partial charge in [0, 0.05) is 18.8 Å². The normalized spacial score (nSPS) is 12.8. The van der Waals surface area contributed by atoms with E-state index in [-0.39, 0.29) is 18.4 Å². The Balaban J connectivity index is 2.44. The van der Waals surface area contributed by atoms with E-state index in [1.54, 1.807) is 24.4 Å². The SMILES string of the molecule is CCC(CC)C(O)CNC(=O)/C=C/c1ccnc(Cl)c1. The molecule has 0 aliphatic carbocycles. The summed E-state index contributed by atoms with van der Waals surface area (Å²) in [6.45, 7) is 4.34. The quantitative estimate of drug-likeness (QED) is 0.601. The Labute approximate surface area is 124 Å². The molecule has 1 aromatic rings.